The maximum Gasteiger partial charge on any atom is 0.246 e. The minimum Gasteiger partial charge on any atom is -0.507 e. The summed E-state index contributed by atoms with van der Waals surface area (Å²) in [5.41, 5.74) is 13.8. The molecular formula is C53H66N12O5S. The van der Waals surface area contributed by atoms with Gasteiger partial charge in [0, 0.05) is 75.1 Å². The highest BCUT2D eigenvalue weighted by Gasteiger charge is 2.46. The predicted octanol–water partition coefficient (Wildman–Crippen LogP) is 5.53. The highest BCUT2D eigenvalue weighted by molar-refractivity contribution is 7.13. The lowest BCUT2D eigenvalue weighted by Gasteiger charge is -2.42. The molecule has 5 aliphatic rings. The third kappa shape index (κ3) is 10.3. The van der Waals surface area contributed by atoms with Gasteiger partial charge in [-0.1, -0.05) is 57.2 Å². The van der Waals surface area contributed by atoms with E-state index in [1.807, 2.05) is 88.1 Å². The van der Waals surface area contributed by atoms with E-state index in [0.29, 0.717) is 28.9 Å². The second-order valence-electron chi connectivity index (χ2n) is 21.5. The number of anilines is 3. The number of benzene rings is 2. The van der Waals surface area contributed by atoms with E-state index < -0.39 is 23.6 Å². The van der Waals surface area contributed by atoms with E-state index in [-0.39, 0.29) is 61.0 Å². The Kier molecular flexibility index (Phi) is 13.7. The molecule has 10 rings (SSSR count). The monoisotopic (exact) mass is 982 g/mol. The molecule has 18 heteroatoms. The van der Waals surface area contributed by atoms with Crippen LogP contribution in [0.15, 0.2) is 72.5 Å². The zero-order valence-electron chi connectivity index (χ0n) is 41.1. The number of piperazine rings is 1. The third-order valence-corrected chi connectivity index (χ3v) is 16.5. The van der Waals surface area contributed by atoms with Gasteiger partial charge in [0.15, 0.2) is 5.82 Å². The number of para-hydroxylation sites is 1. The number of aliphatic hydroxyl groups is 1. The zero-order valence-corrected chi connectivity index (χ0v) is 41.9. The van der Waals surface area contributed by atoms with Gasteiger partial charge in [-0.3, -0.25) is 14.4 Å². The van der Waals surface area contributed by atoms with Gasteiger partial charge in [0.25, 0.3) is 0 Å². The largest absolute Gasteiger partial charge is 0.507 e. The van der Waals surface area contributed by atoms with Crippen molar-refractivity contribution in [3.63, 3.8) is 0 Å². The molecule has 6 N–H and O–H groups in total. The summed E-state index contributed by atoms with van der Waals surface area (Å²) in [7, 11) is 0. The van der Waals surface area contributed by atoms with E-state index in [1.54, 1.807) is 23.5 Å². The molecule has 71 heavy (non-hydrogen) atoms. The van der Waals surface area contributed by atoms with Crippen LogP contribution in [0.2, 0.25) is 0 Å². The molecule has 1 saturated carbocycles. The van der Waals surface area contributed by atoms with Gasteiger partial charge in [-0.25, -0.2) is 15.0 Å². The molecule has 5 atom stereocenters. The standard InChI is InChI=1S/C53H66N12O5S/c1-31-46(71-30-58-31)35-11-9-32(10-12-35)23-55-50(69)44-21-40(66)29-64(44)51(70)47(53(2,3)4)59-49(68)36-19-33(20-36)26-62-17-15-34(16-18-62)37-24-56-52(57-25-37)65-38-13-14-39(65)28-63(27-38)43-22-42(60-61-48(43)54)41-7-5-6-8-45(41)67/h5-12,22,24-25,30,33-34,36,38-40,44,47,66-67H,13-21,23,26-29H2,1-4H3,(H2,54,61)(H,55,69)(H,59,68)/t33-,36+,38?,39?,40-,44+,47-/m1/s1. The number of fused-ring (bicyclic) bond motifs is 2. The normalized spacial score (nSPS) is 24.2. The van der Waals surface area contributed by atoms with Crippen LogP contribution in [0.1, 0.15) is 88.5 Å². The fraction of sp³-hybridized carbons (Fsp3) is 0.509. The van der Waals surface area contributed by atoms with Crippen molar-refractivity contribution in [1.29, 1.82) is 0 Å². The first-order chi connectivity index (χ1) is 34.2. The molecule has 1 aliphatic carbocycles. The number of phenolic OH excluding ortho intramolecular Hbond substituents is 1. The second kappa shape index (κ2) is 20.1. The molecular weight excluding hydrogens is 917 g/mol. The number of nitrogen functional groups attached to an aromatic ring is 1. The van der Waals surface area contributed by atoms with Crippen molar-refractivity contribution < 1.29 is 24.6 Å². The van der Waals surface area contributed by atoms with E-state index >= 15 is 0 Å². The second-order valence-corrected chi connectivity index (χ2v) is 22.4. The Balaban J connectivity index is 0.673. The minimum absolute atomic E-state index is 0.0376. The number of carbonyl (C=O) groups excluding carboxylic acids is 3. The van der Waals surface area contributed by atoms with Crippen LogP contribution in [0.5, 0.6) is 5.75 Å². The van der Waals surface area contributed by atoms with Crippen molar-refractivity contribution >= 4 is 46.5 Å². The number of aryl methyl sites for hydroxylation is 1. The Bertz CT molecular complexity index is 2700. The van der Waals surface area contributed by atoms with E-state index in [2.05, 4.69) is 40.5 Å². The van der Waals surface area contributed by atoms with Gasteiger partial charge in [-0.2, -0.15) is 0 Å². The topological polar surface area (TPSA) is 219 Å². The number of carbonyl (C=O) groups is 3. The van der Waals surface area contributed by atoms with E-state index in [0.717, 1.165) is 105 Å². The third-order valence-electron chi connectivity index (χ3n) is 15.6. The van der Waals surface area contributed by atoms with Gasteiger partial charge < -0.3 is 46.2 Å². The molecule has 7 heterocycles. The predicted molar refractivity (Wildman–Crippen MR) is 273 cm³/mol. The molecule has 2 unspecified atom stereocenters. The lowest BCUT2D eigenvalue weighted by molar-refractivity contribution is -0.145. The fourth-order valence-corrected chi connectivity index (χ4v) is 12.3. The molecule has 0 radical (unpaired) electrons. The quantitative estimate of drug-likeness (QED) is 0.0981. The van der Waals surface area contributed by atoms with Crippen molar-refractivity contribution in [3.05, 3.63) is 89.3 Å². The van der Waals surface area contributed by atoms with Gasteiger partial charge in [0.2, 0.25) is 23.7 Å². The summed E-state index contributed by atoms with van der Waals surface area (Å²) in [6, 6.07) is 15.8. The van der Waals surface area contributed by atoms with Crippen molar-refractivity contribution in [2.24, 2.45) is 17.3 Å². The summed E-state index contributed by atoms with van der Waals surface area (Å²) in [4.78, 5) is 65.5. The number of thiazole rings is 1. The number of nitrogens with one attached hydrogen (secondary N) is 2. The fourth-order valence-electron chi connectivity index (χ4n) is 11.5. The number of rotatable bonds is 13. The lowest BCUT2D eigenvalue weighted by atomic mass is 9.73. The van der Waals surface area contributed by atoms with Gasteiger partial charge in [0.1, 0.15) is 17.8 Å². The number of piperidine rings is 1. The van der Waals surface area contributed by atoms with Crippen LogP contribution in [-0.2, 0) is 20.9 Å². The molecule has 3 amide bonds. The van der Waals surface area contributed by atoms with E-state index in [1.165, 1.54) is 10.5 Å². The maximum absolute atomic E-state index is 14.2. The van der Waals surface area contributed by atoms with Crippen LogP contribution in [0.4, 0.5) is 17.5 Å². The first-order valence-corrected chi connectivity index (χ1v) is 26.1. The number of amides is 3. The van der Waals surface area contributed by atoms with Crippen LogP contribution in [0, 0.1) is 24.2 Å². The number of β-amino-alcohol motifs (C(OH)–C–C–N with tert-alkyl or cyclic N) is 1. The Morgan fingerprint density at radius 3 is 2.25 bits per heavy atom. The summed E-state index contributed by atoms with van der Waals surface area (Å²) in [6.45, 7) is 12.5. The number of nitrogens with zero attached hydrogens (tertiary/aromatic N) is 9. The van der Waals surface area contributed by atoms with Gasteiger partial charge in [-0.15, -0.1) is 21.5 Å². The number of phenols is 1. The SMILES string of the molecule is Cc1ncsc1-c1ccc(CNC(=O)[C@@H]2C[C@@H](O)CN2C(=O)[C@@H](NC(=O)[C@H]2C[C@@H](CN3CCC(c4cnc(N5C6CCC5CN(c5cc(-c7ccccc7O)nnc5N)C6)nc4)CC3)C2)C(C)(C)C)cc1. The number of hydrogen-bond donors (Lipinski definition) is 5. The highest BCUT2D eigenvalue weighted by Crippen LogP contribution is 2.40. The summed E-state index contributed by atoms with van der Waals surface area (Å²) in [6.07, 6.45) is 9.02. The Hall–Kier alpha value is -6.24. The number of nitrogens with two attached hydrogens (primary N) is 1. The van der Waals surface area contributed by atoms with E-state index in [4.69, 9.17) is 15.7 Å². The molecule has 2 aromatic carbocycles. The van der Waals surface area contributed by atoms with Gasteiger partial charge in [-0.05, 0) is 111 Å². The molecule has 4 saturated heterocycles. The smallest absolute Gasteiger partial charge is 0.246 e. The van der Waals surface area contributed by atoms with Crippen LogP contribution in [0.3, 0.4) is 0 Å². The van der Waals surface area contributed by atoms with Crippen molar-refractivity contribution in [2.75, 3.05) is 54.8 Å². The molecule has 4 aliphatic heterocycles. The van der Waals surface area contributed by atoms with Gasteiger partial charge in [0.05, 0.1) is 33.6 Å². The summed E-state index contributed by atoms with van der Waals surface area (Å²) >= 11 is 1.59. The van der Waals surface area contributed by atoms with Crippen molar-refractivity contribution in [1.82, 2.24) is 45.6 Å². The van der Waals surface area contributed by atoms with E-state index in [9.17, 15) is 24.6 Å². The number of aromatic hydroxyl groups is 1. The van der Waals surface area contributed by atoms with Crippen LogP contribution in [0.25, 0.3) is 21.7 Å². The maximum atomic E-state index is 14.2. The zero-order chi connectivity index (χ0) is 49.6. The average Bonchev–Trinajstić information content (AvgIpc) is 4.04. The number of aromatic nitrogens is 5. The average molecular weight is 983 g/mol. The number of likely N-dealkylation sites (tertiary alicyclic amines) is 2. The van der Waals surface area contributed by atoms with Crippen molar-refractivity contribution in [2.45, 2.75) is 115 Å². The minimum atomic E-state index is -0.850. The molecule has 2 bridgehead atoms. The Morgan fingerprint density at radius 1 is 0.887 bits per heavy atom. The first-order valence-electron chi connectivity index (χ1n) is 25.2. The highest BCUT2D eigenvalue weighted by atomic mass is 32.1. The van der Waals surface area contributed by atoms with Crippen LogP contribution < -0.4 is 26.2 Å². The molecule has 17 nitrogen and oxygen atoms in total. The summed E-state index contributed by atoms with van der Waals surface area (Å²) in [5.74, 6) is 1.13. The number of hydrogen-bond acceptors (Lipinski definition) is 15. The summed E-state index contributed by atoms with van der Waals surface area (Å²) < 4.78 is 0. The van der Waals surface area contributed by atoms with Gasteiger partial charge >= 0.3 is 0 Å². The molecule has 5 aromatic rings. The van der Waals surface area contributed by atoms with Crippen LogP contribution >= 0.6 is 11.3 Å². The molecule has 3 aromatic heterocycles. The lowest BCUT2D eigenvalue weighted by Crippen LogP contribution is -2.59. The molecule has 5 fully saturated rings. The first kappa shape index (κ1) is 48.4. The molecule has 0 spiro atoms. The van der Waals surface area contributed by atoms with Crippen LogP contribution in [-0.4, -0.2) is 132 Å². The Morgan fingerprint density at radius 2 is 1.59 bits per heavy atom. The van der Waals surface area contributed by atoms with Crippen molar-refractivity contribution in [3.8, 4) is 27.4 Å². The number of aliphatic hydroxyl groups excluding tert-OH is 1. The summed E-state index contributed by atoms with van der Waals surface area (Å²) in [5, 5.41) is 35.7. The Labute approximate surface area is 419 Å². The molecule has 374 valence electrons.